The fourth-order valence-corrected chi connectivity index (χ4v) is 3.03. The van der Waals surface area contributed by atoms with Crippen LogP contribution >= 0.6 is 0 Å². The van der Waals surface area contributed by atoms with Crippen LogP contribution in [0.1, 0.15) is 24.6 Å². The summed E-state index contributed by atoms with van der Waals surface area (Å²) in [7, 11) is 1.72. The smallest absolute Gasteiger partial charge is 0.320 e. The number of likely N-dealkylation sites (tertiary alicyclic amines) is 1. The number of carbonyl (C=O) groups excluding carboxylic acids is 1. The first-order valence-electron chi connectivity index (χ1n) is 6.87. The van der Waals surface area contributed by atoms with E-state index in [4.69, 9.17) is 0 Å². The first kappa shape index (κ1) is 12.3. The van der Waals surface area contributed by atoms with Crippen molar-refractivity contribution in [2.75, 3.05) is 19.6 Å². The third kappa shape index (κ3) is 2.05. The number of aromatic nitrogens is 2. The summed E-state index contributed by atoms with van der Waals surface area (Å²) >= 11 is 0. The number of nitrogens with zero attached hydrogens (tertiary/aromatic N) is 3. The Morgan fingerprint density at radius 1 is 1.32 bits per heavy atom. The molecule has 0 bridgehead atoms. The molecule has 1 aromatic heterocycles. The lowest BCUT2D eigenvalue weighted by Crippen LogP contribution is -2.44. The molecule has 6 nitrogen and oxygen atoms in total. The zero-order chi connectivity index (χ0) is 13.6. The summed E-state index contributed by atoms with van der Waals surface area (Å²) in [5.74, 6) is 0.598. The van der Waals surface area contributed by atoms with Gasteiger partial charge < -0.3 is 9.80 Å². The van der Waals surface area contributed by atoms with E-state index in [0.717, 1.165) is 30.8 Å². The van der Waals surface area contributed by atoms with Gasteiger partial charge in [0.25, 0.3) is 5.56 Å². The highest BCUT2D eigenvalue weighted by atomic mass is 16.2. The van der Waals surface area contributed by atoms with Crippen LogP contribution in [0.15, 0.2) is 4.79 Å². The SMILES string of the molecule is CC1CCN(C(=O)N2CCc3c([nH]n(C)c3=O)C2)C1. The molecule has 1 atom stereocenters. The van der Waals surface area contributed by atoms with Crippen molar-refractivity contribution in [3.63, 3.8) is 0 Å². The minimum absolute atomic E-state index is 0.0388. The van der Waals surface area contributed by atoms with Crippen LogP contribution in [-0.2, 0) is 20.0 Å². The van der Waals surface area contributed by atoms with Gasteiger partial charge in [0, 0.05) is 32.2 Å². The van der Waals surface area contributed by atoms with Crippen LogP contribution in [0, 0.1) is 5.92 Å². The quantitative estimate of drug-likeness (QED) is 0.743. The lowest BCUT2D eigenvalue weighted by atomic mass is 10.1. The molecule has 2 aliphatic rings. The van der Waals surface area contributed by atoms with E-state index < -0.39 is 0 Å². The maximum Gasteiger partial charge on any atom is 0.320 e. The van der Waals surface area contributed by atoms with Crippen molar-refractivity contribution >= 4 is 6.03 Å². The second-order valence-electron chi connectivity index (χ2n) is 5.73. The molecule has 1 aromatic rings. The maximum atomic E-state index is 12.4. The summed E-state index contributed by atoms with van der Waals surface area (Å²) in [6.07, 6.45) is 1.74. The van der Waals surface area contributed by atoms with Gasteiger partial charge in [-0.15, -0.1) is 0 Å². The lowest BCUT2D eigenvalue weighted by molar-refractivity contribution is 0.155. The van der Waals surface area contributed by atoms with Crippen molar-refractivity contribution in [2.24, 2.45) is 13.0 Å². The number of rotatable bonds is 0. The zero-order valence-electron chi connectivity index (χ0n) is 11.5. The van der Waals surface area contributed by atoms with Crippen molar-refractivity contribution in [2.45, 2.75) is 26.3 Å². The summed E-state index contributed by atoms with van der Waals surface area (Å²) in [6.45, 7) is 5.05. The Morgan fingerprint density at radius 2 is 2.11 bits per heavy atom. The number of carbonyl (C=O) groups is 1. The van der Waals surface area contributed by atoms with Crippen molar-refractivity contribution in [3.8, 4) is 0 Å². The van der Waals surface area contributed by atoms with E-state index in [0.29, 0.717) is 25.4 Å². The van der Waals surface area contributed by atoms with Gasteiger partial charge in [0.05, 0.1) is 12.2 Å². The molecule has 104 valence electrons. The fraction of sp³-hybridized carbons (Fsp3) is 0.692. The molecule has 0 saturated carbocycles. The van der Waals surface area contributed by atoms with Gasteiger partial charge in [0.1, 0.15) is 0 Å². The Balaban J connectivity index is 1.75. The molecular weight excluding hydrogens is 244 g/mol. The summed E-state index contributed by atoms with van der Waals surface area (Å²) in [4.78, 5) is 28.0. The Hall–Kier alpha value is -1.72. The van der Waals surface area contributed by atoms with Gasteiger partial charge in [0.2, 0.25) is 0 Å². The molecule has 1 saturated heterocycles. The van der Waals surface area contributed by atoms with Crippen LogP contribution in [0.2, 0.25) is 0 Å². The summed E-state index contributed by atoms with van der Waals surface area (Å²) < 4.78 is 1.50. The molecule has 0 aliphatic carbocycles. The highest BCUT2D eigenvalue weighted by Crippen LogP contribution is 2.20. The number of aryl methyl sites for hydroxylation is 1. The van der Waals surface area contributed by atoms with Crippen molar-refractivity contribution in [3.05, 3.63) is 21.6 Å². The molecule has 1 fully saturated rings. The predicted molar refractivity (Wildman–Crippen MR) is 70.9 cm³/mol. The second-order valence-corrected chi connectivity index (χ2v) is 5.73. The van der Waals surface area contributed by atoms with Crippen LogP contribution < -0.4 is 5.56 Å². The summed E-state index contributed by atoms with van der Waals surface area (Å²) in [5, 5.41) is 3.04. The molecule has 3 rings (SSSR count). The van der Waals surface area contributed by atoms with Crippen LogP contribution in [0.3, 0.4) is 0 Å². The van der Waals surface area contributed by atoms with Gasteiger partial charge in [-0.3, -0.25) is 14.6 Å². The number of urea groups is 1. The van der Waals surface area contributed by atoms with Crippen LogP contribution in [-0.4, -0.2) is 45.2 Å². The Labute approximate surface area is 112 Å². The number of H-pyrrole nitrogens is 1. The minimum Gasteiger partial charge on any atom is -0.324 e. The number of hydrogen-bond acceptors (Lipinski definition) is 2. The average molecular weight is 264 g/mol. The topological polar surface area (TPSA) is 61.3 Å². The van der Waals surface area contributed by atoms with Gasteiger partial charge in [0.15, 0.2) is 0 Å². The van der Waals surface area contributed by atoms with Crippen molar-refractivity contribution in [1.29, 1.82) is 0 Å². The molecule has 6 heteroatoms. The van der Waals surface area contributed by atoms with Crippen molar-refractivity contribution < 1.29 is 4.79 Å². The predicted octanol–water partition coefficient (Wildman–Crippen LogP) is 0.533. The Morgan fingerprint density at radius 3 is 2.79 bits per heavy atom. The van der Waals surface area contributed by atoms with E-state index in [2.05, 4.69) is 12.0 Å². The number of nitrogens with one attached hydrogen (secondary N) is 1. The standard InChI is InChI=1S/C13H20N4O2/c1-9-3-5-16(7-9)13(19)17-6-4-10-11(8-17)14-15(2)12(10)18/h9,14H,3-8H2,1-2H3. The van der Waals surface area contributed by atoms with Crippen LogP contribution in [0.5, 0.6) is 0 Å². The molecule has 2 amide bonds. The molecular formula is C13H20N4O2. The van der Waals surface area contributed by atoms with Crippen LogP contribution in [0.4, 0.5) is 4.79 Å². The molecule has 0 aromatic carbocycles. The summed E-state index contributed by atoms with van der Waals surface area (Å²) in [6, 6.07) is 0.111. The number of amides is 2. The van der Waals surface area contributed by atoms with E-state index in [1.165, 1.54) is 4.68 Å². The lowest BCUT2D eigenvalue weighted by Gasteiger charge is -2.30. The third-order valence-corrected chi connectivity index (χ3v) is 4.18. The molecule has 2 aliphatic heterocycles. The second kappa shape index (κ2) is 4.43. The third-order valence-electron chi connectivity index (χ3n) is 4.18. The summed E-state index contributed by atoms with van der Waals surface area (Å²) in [5.41, 5.74) is 1.76. The monoisotopic (exact) mass is 264 g/mol. The van der Waals surface area contributed by atoms with Gasteiger partial charge in [-0.2, -0.15) is 0 Å². The molecule has 0 spiro atoms. The minimum atomic E-state index is 0.0388. The maximum absolute atomic E-state index is 12.4. The van der Waals surface area contributed by atoms with E-state index in [1.807, 2.05) is 9.80 Å². The first-order chi connectivity index (χ1) is 9.06. The van der Waals surface area contributed by atoms with Gasteiger partial charge in [-0.05, 0) is 18.8 Å². The van der Waals surface area contributed by atoms with Crippen LogP contribution in [0.25, 0.3) is 0 Å². The molecule has 0 radical (unpaired) electrons. The van der Waals surface area contributed by atoms with Crippen molar-refractivity contribution in [1.82, 2.24) is 19.6 Å². The fourth-order valence-electron chi connectivity index (χ4n) is 3.03. The highest BCUT2D eigenvalue weighted by molar-refractivity contribution is 5.75. The first-order valence-corrected chi connectivity index (χ1v) is 6.87. The van der Waals surface area contributed by atoms with Gasteiger partial charge in [-0.25, -0.2) is 4.79 Å². The number of hydrogen-bond donors (Lipinski definition) is 1. The van der Waals surface area contributed by atoms with Gasteiger partial charge in [-0.1, -0.05) is 6.92 Å². The van der Waals surface area contributed by atoms with E-state index in [1.54, 1.807) is 7.05 Å². The Bertz CT molecular complexity index is 559. The Kier molecular flexibility index (Phi) is 2.88. The number of fused-ring (bicyclic) bond motifs is 1. The van der Waals surface area contributed by atoms with E-state index >= 15 is 0 Å². The molecule has 19 heavy (non-hydrogen) atoms. The average Bonchev–Trinajstić information content (AvgIpc) is 2.94. The molecule has 3 heterocycles. The zero-order valence-corrected chi connectivity index (χ0v) is 11.5. The van der Waals surface area contributed by atoms with E-state index in [9.17, 15) is 9.59 Å². The number of aromatic amines is 1. The highest BCUT2D eigenvalue weighted by Gasteiger charge is 2.30. The molecule has 1 unspecified atom stereocenters. The van der Waals surface area contributed by atoms with E-state index in [-0.39, 0.29) is 11.6 Å². The van der Waals surface area contributed by atoms with Gasteiger partial charge >= 0.3 is 6.03 Å². The largest absolute Gasteiger partial charge is 0.324 e. The normalized spacial score (nSPS) is 22.7. The molecule has 1 N–H and O–H groups in total.